The Labute approximate surface area is 376 Å². The molecule has 2 aliphatic rings. The van der Waals surface area contributed by atoms with E-state index < -0.39 is 24.3 Å². The van der Waals surface area contributed by atoms with Gasteiger partial charge in [0.05, 0.1) is 48.4 Å². The van der Waals surface area contributed by atoms with Crippen LogP contribution in [0.3, 0.4) is 0 Å². The highest BCUT2D eigenvalue weighted by Gasteiger charge is 2.39. The molecule has 4 atom stereocenters. The minimum atomic E-state index is -0.708. The van der Waals surface area contributed by atoms with E-state index in [2.05, 4.69) is 20.6 Å². The molecule has 0 unspecified atom stereocenters. The van der Waals surface area contributed by atoms with Gasteiger partial charge in [0.15, 0.2) is 5.82 Å². The lowest BCUT2D eigenvalue weighted by atomic mass is 10.0. The molecular weight excluding hydrogens is 845 g/mol. The number of rotatable bonds is 10. The highest BCUT2D eigenvalue weighted by atomic mass is 32.1. The third-order valence-electron chi connectivity index (χ3n) is 10.7. The summed E-state index contributed by atoms with van der Waals surface area (Å²) in [5.41, 5.74) is 5.73. The number of carbonyl (C=O) groups excluding carboxylic acids is 4. The summed E-state index contributed by atoms with van der Waals surface area (Å²) in [5, 5.41) is 5.38. The Morgan fingerprint density at radius 1 is 0.650 bits per heavy atom. The molecule has 2 fully saturated rings. The number of likely N-dealkylation sites (tertiary alicyclic amines) is 2. The number of benzene rings is 2. The topological polar surface area (TPSA) is 200 Å². The van der Waals surface area contributed by atoms with E-state index in [1.165, 1.54) is 14.2 Å². The number of hydrogen-bond donors (Lipinski definition) is 4. The Bertz CT molecular complexity index is 2110. The standard InChI is InChI=1S/C40H48N10O6.4H2S/c1-21(2)32(47-39(53)55-5)37(51)49-15-7-9-30(49)35-43-26-13-11-23(17-28(26)45-35)25-19-41-34(42-20-25)24-12-14-27-29(18-24)46-36(44-27)31-10-8-16-50(31)38(52)33(22(3)4)48-40(54)56-6;;;;/h11-14,17-22,30-33H,7-10,15-16H2,1-6H3,(H,43,45)(H,44,46)(H,47,53)(H,48,54);4*1H2/t30-,31-,32-,33-;;;;/m0..../s1. The third kappa shape index (κ3) is 10.3. The second-order valence-electron chi connectivity index (χ2n) is 15.1. The molecule has 326 valence electrons. The normalized spacial score (nSPS) is 16.9. The number of ether oxygens (including phenoxy) is 2. The van der Waals surface area contributed by atoms with E-state index in [0.29, 0.717) is 30.6 Å². The molecule has 0 saturated carbocycles. The van der Waals surface area contributed by atoms with Gasteiger partial charge < -0.3 is 39.9 Å². The Balaban J connectivity index is 0.00000240. The van der Waals surface area contributed by atoms with Crippen molar-refractivity contribution in [1.82, 2.24) is 50.3 Å². The van der Waals surface area contributed by atoms with Crippen LogP contribution in [0.2, 0.25) is 0 Å². The summed E-state index contributed by atoms with van der Waals surface area (Å²) < 4.78 is 9.52. The maximum atomic E-state index is 13.6. The van der Waals surface area contributed by atoms with Crippen LogP contribution in [0, 0.1) is 11.8 Å². The van der Waals surface area contributed by atoms with Gasteiger partial charge in [0.2, 0.25) is 11.8 Å². The molecule has 5 heterocycles. The molecule has 2 aliphatic heterocycles. The lowest BCUT2D eigenvalue weighted by Crippen LogP contribution is -2.51. The second kappa shape index (κ2) is 21.2. The summed E-state index contributed by atoms with van der Waals surface area (Å²) in [6.45, 7) is 8.72. The molecule has 0 aliphatic carbocycles. The first kappa shape index (κ1) is 49.7. The minimum absolute atomic E-state index is 0. The summed E-state index contributed by atoms with van der Waals surface area (Å²) in [5.74, 6) is 1.39. The number of amides is 4. The van der Waals surface area contributed by atoms with Crippen molar-refractivity contribution in [3.05, 3.63) is 60.4 Å². The molecule has 0 spiro atoms. The molecule has 3 aromatic heterocycles. The Kier molecular flexibility index (Phi) is 17.6. The maximum Gasteiger partial charge on any atom is 0.407 e. The molecule has 4 N–H and O–H groups in total. The zero-order chi connectivity index (χ0) is 39.7. The van der Waals surface area contributed by atoms with E-state index in [1.807, 2.05) is 64.1 Å². The van der Waals surface area contributed by atoms with Gasteiger partial charge in [-0.1, -0.05) is 33.8 Å². The fourth-order valence-electron chi connectivity index (χ4n) is 7.70. The Morgan fingerprint density at radius 2 is 1.07 bits per heavy atom. The van der Waals surface area contributed by atoms with Gasteiger partial charge >= 0.3 is 12.2 Å². The zero-order valence-corrected chi connectivity index (χ0v) is 38.5. The largest absolute Gasteiger partial charge is 0.453 e. The van der Waals surface area contributed by atoms with Crippen LogP contribution in [0.4, 0.5) is 9.59 Å². The molecule has 2 aromatic carbocycles. The van der Waals surface area contributed by atoms with Gasteiger partial charge in [0.25, 0.3) is 0 Å². The summed E-state index contributed by atoms with van der Waals surface area (Å²) >= 11 is 0. The van der Waals surface area contributed by atoms with Crippen molar-refractivity contribution in [2.75, 3.05) is 27.3 Å². The molecule has 0 radical (unpaired) electrons. The van der Waals surface area contributed by atoms with Crippen LogP contribution in [-0.2, 0) is 19.1 Å². The number of nitrogens with one attached hydrogen (secondary N) is 4. The highest BCUT2D eigenvalue weighted by Crippen LogP contribution is 2.35. The van der Waals surface area contributed by atoms with Crippen LogP contribution in [0.25, 0.3) is 44.6 Å². The van der Waals surface area contributed by atoms with E-state index in [4.69, 9.17) is 29.4 Å². The third-order valence-corrected chi connectivity index (χ3v) is 10.7. The van der Waals surface area contributed by atoms with Gasteiger partial charge in [0.1, 0.15) is 23.7 Å². The van der Waals surface area contributed by atoms with E-state index in [9.17, 15) is 19.2 Å². The molecule has 16 nitrogen and oxygen atoms in total. The van der Waals surface area contributed by atoms with Crippen LogP contribution < -0.4 is 10.6 Å². The average Bonchev–Trinajstić information content (AvgIpc) is 4.03. The zero-order valence-electron chi connectivity index (χ0n) is 34.5. The van der Waals surface area contributed by atoms with Crippen molar-refractivity contribution in [2.24, 2.45) is 11.8 Å². The lowest BCUT2D eigenvalue weighted by Gasteiger charge is -2.29. The predicted octanol–water partition coefficient (Wildman–Crippen LogP) is 6.10. The molecule has 7 rings (SSSR count). The van der Waals surface area contributed by atoms with Gasteiger partial charge in [-0.05, 0) is 73.4 Å². The number of carbonyl (C=O) groups is 4. The number of fused-ring (bicyclic) bond motifs is 2. The summed E-state index contributed by atoms with van der Waals surface area (Å²) in [7, 11) is 2.57. The monoisotopic (exact) mass is 900 g/mol. The number of imidazole rings is 2. The Morgan fingerprint density at radius 3 is 1.48 bits per heavy atom. The first-order chi connectivity index (χ1) is 26.9. The molecule has 5 aromatic rings. The van der Waals surface area contributed by atoms with Crippen LogP contribution in [0.5, 0.6) is 0 Å². The van der Waals surface area contributed by atoms with Crippen molar-refractivity contribution in [2.45, 2.75) is 77.5 Å². The van der Waals surface area contributed by atoms with Crippen LogP contribution in [0.15, 0.2) is 48.8 Å². The van der Waals surface area contributed by atoms with Crippen molar-refractivity contribution < 1.29 is 28.7 Å². The summed E-state index contributed by atoms with van der Waals surface area (Å²) in [6.07, 6.45) is 5.48. The molecular formula is C40H56N10O6S4. The second-order valence-corrected chi connectivity index (χ2v) is 15.1. The van der Waals surface area contributed by atoms with E-state index >= 15 is 0 Å². The van der Waals surface area contributed by atoms with E-state index in [1.54, 1.807) is 22.2 Å². The Hall–Kier alpha value is -4.66. The number of methoxy groups -OCH3 is 2. The van der Waals surface area contributed by atoms with Crippen LogP contribution >= 0.6 is 54.0 Å². The molecule has 0 bridgehead atoms. The smallest absolute Gasteiger partial charge is 0.407 e. The number of aromatic amines is 2. The first-order valence-electron chi connectivity index (χ1n) is 19.1. The summed E-state index contributed by atoms with van der Waals surface area (Å²) in [6, 6.07) is 9.83. The molecule has 20 heteroatoms. The van der Waals surface area contributed by atoms with Gasteiger partial charge in [0, 0.05) is 36.6 Å². The molecule has 60 heavy (non-hydrogen) atoms. The van der Waals surface area contributed by atoms with Crippen molar-refractivity contribution >= 4 is 100 Å². The number of aromatic nitrogens is 6. The minimum Gasteiger partial charge on any atom is -0.453 e. The SMILES string of the molecule is COC(=O)N[C@H](C(=O)N1CCC[C@H]1c1nc2ccc(-c3cnc(-c4ccc5nc([C@@H]6CCCN6C(=O)[C@@H](NC(=O)OC)C(C)C)[nH]c5c4)nc3)cc2[nH]1)C(C)C.S.S.S.S. The van der Waals surface area contributed by atoms with Crippen molar-refractivity contribution in [1.29, 1.82) is 0 Å². The highest BCUT2D eigenvalue weighted by molar-refractivity contribution is 7.59. The average molecular weight is 901 g/mol. The van der Waals surface area contributed by atoms with E-state index in [-0.39, 0.29) is 89.7 Å². The van der Waals surface area contributed by atoms with Crippen LogP contribution in [-0.4, -0.2) is 103 Å². The number of alkyl carbamates (subject to hydrolysis) is 2. The van der Waals surface area contributed by atoms with E-state index in [0.717, 1.165) is 64.4 Å². The van der Waals surface area contributed by atoms with Crippen molar-refractivity contribution in [3.8, 4) is 22.5 Å². The first-order valence-corrected chi connectivity index (χ1v) is 19.1. The van der Waals surface area contributed by atoms with Gasteiger partial charge in [-0.2, -0.15) is 54.0 Å². The number of nitrogens with zero attached hydrogens (tertiary/aromatic N) is 6. The van der Waals surface area contributed by atoms with Crippen LogP contribution in [0.1, 0.15) is 77.1 Å². The predicted molar refractivity (Wildman–Crippen MR) is 249 cm³/mol. The molecule has 4 amide bonds. The van der Waals surface area contributed by atoms with Gasteiger partial charge in [-0.25, -0.2) is 29.5 Å². The fourth-order valence-corrected chi connectivity index (χ4v) is 7.70. The van der Waals surface area contributed by atoms with Crippen molar-refractivity contribution in [3.63, 3.8) is 0 Å². The maximum absolute atomic E-state index is 13.6. The number of H-pyrrole nitrogens is 2. The molecule has 2 saturated heterocycles. The van der Waals surface area contributed by atoms with Gasteiger partial charge in [-0.3, -0.25) is 9.59 Å². The summed E-state index contributed by atoms with van der Waals surface area (Å²) in [4.78, 5) is 80.7. The quantitative estimate of drug-likeness (QED) is 0.127. The fraction of sp³-hybridized carbons (Fsp3) is 0.450. The van der Waals surface area contributed by atoms with Gasteiger partial charge in [-0.15, -0.1) is 0 Å². The number of hydrogen-bond acceptors (Lipinski definition) is 10. The lowest BCUT2D eigenvalue weighted by molar-refractivity contribution is -0.136.